The van der Waals surface area contributed by atoms with Crippen LogP contribution in [0.25, 0.3) is 0 Å². The van der Waals surface area contributed by atoms with Crippen LogP contribution in [0.4, 0.5) is 30.2 Å². The summed E-state index contributed by atoms with van der Waals surface area (Å²) in [6.07, 6.45) is -4.60. The Kier molecular flexibility index (Phi) is 5.35. The number of methoxy groups -OCH3 is 1. The number of rotatable bonds is 6. The third kappa shape index (κ3) is 3.79. The number of ether oxygens (including phenoxy) is 1. The van der Waals surface area contributed by atoms with E-state index in [2.05, 4.69) is 10.1 Å². The second-order valence-corrected chi connectivity index (χ2v) is 4.67. The van der Waals surface area contributed by atoms with E-state index in [1.54, 1.807) is 13.8 Å². The molecule has 1 atom stereocenters. The van der Waals surface area contributed by atoms with E-state index in [0.717, 1.165) is 7.11 Å². The van der Waals surface area contributed by atoms with Gasteiger partial charge in [0.1, 0.15) is 5.56 Å². The molecule has 0 aliphatic carbocycles. The van der Waals surface area contributed by atoms with Crippen LogP contribution in [-0.2, 0) is 6.18 Å². The molecule has 1 unspecified atom stereocenters. The van der Waals surface area contributed by atoms with Gasteiger partial charge >= 0.3 is 11.9 Å². The van der Waals surface area contributed by atoms with Gasteiger partial charge in [-0.15, -0.1) is 0 Å². The highest BCUT2D eigenvalue weighted by Crippen LogP contribution is 2.49. The van der Waals surface area contributed by atoms with Crippen LogP contribution in [-0.4, -0.2) is 23.0 Å². The van der Waals surface area contributed by atoms with Crippen LogP contribution >= 0.6 is 0 Å². The Labute approximate surface area is 128 Å². The van der Waals surface area contributed by atoms with E-state index in [1.165, 1.54) is 0 Å². The minimum absolute atomic E-state index is 0.233. The Morgan fingerprint density at radius 1 is 1.30 bits per heavy atom. The Hall–Kier alpha value is -2.59. The van der Waals surface area contributed by atoms with Crippen molar-refractivity contribution in [3.63, 3.8) is 0 Å². The van der Waals surface area contributed by atoms with Gasteiger partial charge in [0.25, 0.3) is 5.69 Å². The lowest BCUT2D eigenvalue weighted by Crippen LogP contribution is -2.18. The topological polar surface area (TPSA) is 108 Å². The van der Waals surface area contributed by atoms with Crippen LogP contribution < -0.4 is 10.1 Å². The van der Waals surface area contributed by atoms with Crippen molar-refractivity contribution >= 4 is 17.1 Å². The zero-order valence-corrected chi connectivity index (χ0v) is 12.4. The minimum Gasteiger partial charge on any atom is -0.490 e. The smallest absolute Gasteiger partial charge is 0.420 e. The number of nitro groups is 2. The lowest BCUT2D eigenvalue weighted by Gasteiger charge is -2.17. The molecule has 128 valence electrons. The third-order valence-electron chi connectivity index (χ3n) is 3.13. The molecule has 8 nitrogen and oxygen atoms in total. The standard InChI is InChI=1S/C12H14F3N3O5/c1-4-6(2)16-9-8(17(19)20)5-7(12(13,14)15)11(23-3)10(9)18(21)22/h5-6,16H,4H2,1-3H3. The predicted molar refractivity (Wildman–Crippen MR) is 74.7 cm³/mol. The summed E-state index contributed by atoms with van der Waals surface area (Å²) in [5.41, 5.74) is -4.34. The molecule has 1 rings (SSSR count). The fourth-order valence-corrected chi connectivity index (χ4v) is 1.86. The summed E-state index contributed by atoms with van der Waals surface area (Å²) in [6, 6.07) is -0.204. The molecular formula is C12H14F3N3O5. The fraction of sp³-hybridized carbons (Fsp3) is 0.500. The number of nitro benzene ring substituents is 2. The molecule has 1 N–H and O–H groups in total. The van der Waals surface area contributed by atoms with Gasteiger partial charge in [0.15, 0.2) is 5.69 Å². The lowest BCUT2D eigenvalue weighted by molar-refractivity contribution is -0.393. The maximum Gasteiger partial charge on any atom is 0.420 e. The third-order valence-corrected chi connectivity index (χ3v) is 3.13. The molecule has 0 aliphatic rings. The average molecular weight is 337 g/mol. The summed E-state index contributed by atoms with van der Waals surface area (Å²) in [5.74, 6) is -1.07. The molecule has 0 aliphatic heterocycles. The van der Waals surface area contributed by atoms with Crippen molar-refractivity contribution in [1.29, 1.82) is 0 Å². The van der Waals surface area contributed by atoms with E-state index in [0.29, 0.717) is 6.42 Å². The summed E-state index contributed by atoms with van der Waals surface area (Å²) in [7, 11) is 0.830. The van der Waals surface area contributed by atoms with E-state index >= 15 is 0 Å². The first-order chi connectivity index (χ1) is 10.5. The molecule has 11 heteroatoms. The van der Waals surface area contributed by atoms with Crippen LogP contribution in [0.5, 0.6) is 5.75 Å². The van der Waals surface area contributed by atoms with Gasteiger partial charge < -0.3 is 10.1 Å². The number of hydrogen-bond acceptors (Lipinski definition) is 6. The lowest BCUT2D eigenvalue weighted by atomic mass is 10.1. The Bertz CT molecular complexity index is 633. The molecule has 0 heterocycles. The van der Waals surface area contributed by atoms with E-state index in [1.807, 2.05) is 0 Å². The molecule has 1 aromatic rings. The first-order valence-corrected chi connectivity index (χ1v) is 6.42. The van der Waals surface area contributed by atoms with Gasteiger partial charge in [-0.05, 0) is 13.3 Å². The maximum absolute atomic E-state index is 13.0. The number of hydrogen-bond donors (Lipinski definition) is 1. The van der Waals surface area contributed by atoms with Gasteiger partial charge in [-0.3, -0.25) is 20.2 Å². The van der Waals surface area contributed by atoms with Gasteiger partial charge in [0.05, 0.1) is 17.0 Å². The molecule has 0 aromatic heterocycles. The van der Waals surface area contributed by atoms with Crippen LogP contribution in [0.2, 0.25) is 0 Å². The summed E-state index contributed by atoms with van der Waals surface area (Å²) in [4.78, 5) is 20.1. The van der Waals surface area contributed by atoms with Crippen LogP contribution in [0.3, 0.4) is 0 Å². The Morgan fingerprint density at radius 2 is 1.87 bits per heavy atom. The van der Waals surface area contributed by atoms with Crippen molar-refractivity contribution in [2.45, 2.75) is 32.5 Å². The SMILES string of the molecule is CCC(C)Nc1c([N+](=O)[O-])cc(C(F)(F)F)c(OC)c1[N+](=O)[O-]. The van der Waals surface area contributed by atoms with Gasteiger partial charge in [0, 0.05) is 12.1 Å². The fourth-order valence-electron chi connectivity index (χ4n) is 1.86. The summed E-state index contributed by atoms with van der Waals surface area (Å²) >= 11 is 0. The normalized spacial score (nSPS) is 12.6. The quantitative estimate of drug-likeness (QED) is 0.626. The highest BCUT2D eigenvalue weighted by Gasteiger charge is 2.43. The first-order valence-electron chi connectivity index (χ1n) is 6.42. The Balaban J connectivity index is 3.85. The summed E-state index contributed by atoms with van der Waals surface area (Å²) in [6.45, 7) is 3.29. The average Bonchev–Trinajstić information content (AvgIpc) is 2.43. The number of nitrogens with one attached hydrogen (secondary N) is 1. The number of anilines is 1. The van der Waals surface area contributed by atoms with Gasteiger partial charge in [-0.1, -0.05) is 6.92 Å². The zero-order chi connectivity index (χ0) is 17.9. The highest BCUT2D eigenvalue weighted by atomic mass is 19.4. The Morgan fingerprint density at radius 3 is 2.22 bits per heavy atom. The number of benzene rings is 1. The number of halogens is 3. The van der Waals surface area contributed by atoms with Crippen molar-refractivity contribution in [1.82, 2.24) is 0 Å². The largest absolute Gasteiger partial charge is 0.490 e. The second kappa shape index (κ2) is 6.67. The predicted octanol–water partition coefficient (Wildman–Crippen LogP) is 3.74. The zero-order valence-electron chi connectivity index (χ0n) is 12.4. The van der Waals surface area contributed by atoms with Crippen molar-refractivity contribution in [2.75, 3.05) is 12.4 Å². The van der Waals surface area contributed by atoms with E-state index in [4.69, 9.17) is 0 Å². The molecule has 0 saturated heterocycles. The van der Waals surface area contributed by atoms with Crippen molar-refractivity contribution in [2.24, 2.45) is 0 Å². The highest BCUT2D eigenvalue weighted by molar-refractivity contribution is 5.81. The summed E-state index contributed by atoms with van der Waals surface area (Å²) in [5, 5.41) is 24.8. The molecule has 0 radical (unpaired) electrons. The molecule has 23 heavy (non-hydrogen) atoms. The molecule has 1 aromatic carbocycles. The molecule has 0 saturated carbocycles. The minimum atomic E-state index is -5.05. The summed E-state index contributed by atoms with van der Waals surface area (Å²) < 4.78 is 43.6. The monoisotopic (exact) mass is 337 g/mol. The first kappa shape index (κ1) is 18.5. The van der Waals surface area contributed by atoms with Gasteiger partial charge in [0.2, 0.25) is 5.75 Å². The van der Waals surface area contributed by atoms with Crippen LogP contribution in [0, 0.1) is 20.2 Å². The number of nitrogens with zero attached hydrogens (tertiary/aromatic N) is 2. The molecule has 0 fully saturated rings. The van der Waals surface area contributed by atoms with Crippen molar-refractivity contribution in [3.05, 3.63) is 31.9 Å². The van der Waals surface area contributed by atoms with Gasteiger partial charge in [-0.2, -0.15) is 13.2 Å². The molecule has 0 amide bonds. The molecule has 0 bridgehead atoms. The van der Waals surface area contributed by atoms with E-state index in [9.17, 15) is 33.4 Å². The maximum atomic E-state index is 13.0. The number of alkyl halides is 3. The van der Waals surface area contributed by atoms with Crippen LogP contribution in [0.1, 0.15) is 25.8 Å². The van der Waals surface area contributed by atoms with Gasteiger partial charge in [-0.25, -0.2) is 0 Å². The van der Waals surface area contributed by atoms with E-state index in [-0.39, 0.29) is 6.07 Å². The van der Waals surface area contributed by atoms with E-state index < -0.39 is 50.4 Å². The van der Waals surface area contributed by atoms with Crippen molar-refractivity contribution in [3.8, 4) is 5.75 Å². The van der Waals surface area contributed by atoms with Crippen LogP contribution in [0.15, 0.2) is 6.07 Å². The molecular weight excluding hydrogens is 323 g/mol. The second-order valence-electron chi connectivity index (χ2n) is 4.67. The van der Waals surface area contributed by atoms with Crippen molar-refractivity contribution < 1.29 is 27.8 Å². The molecule has 0 spiro atoms.